The average Bonchev–Trinajstić information content (AvgIpc) is 3.52. The molecule has 4 aromatic rings. The number of aromatic nitrogens is 1. The molecule has 0 spiro atoms. The van der Waals surface area contributed by atoms with Crippen LogP contribution < -0.4 is 9.64 Å². The minimum Gasteiger partial charge on any atom is -0.507 e. The fourth-order valence-corrected chi connectivity index (χ4v) is 6.34. The SMILES string of the molecule is Cc1cc(C)c2nc(N3C(=O)C(=O)/C(=C(/O)c4ccc5c(c4)C[C@@H](C)O5)[C@H]3c3ccccc3)sc2c1. The predicted octanol–water partition coefficient (Wildman–Crippen LogP) is 5.86. The highest BCUT2D eigenvalue weighted by Gasteiger charge is 2.48. The summed E-state index contributed by atoms with van der Waals surface area (Å²) in [6.07, 6.45) is 0.774. The highest BCUT2D eigenvalue weighted by atomic mass is 32.1. The number of anilines is 1. The molecule has 1 N–H and O–H groups in total. The first-order valence-corrected chi connectivity index (χ1v) is 12.7. The van der Waals surface area contributed by atoms with E-state index in [1.54, 1.807) is 12.1 Å². The lowest BCUT2D eigenvalue weighted by Crippen LogP contribution is -2.29. The van der Waals surface area contributed by atoms with Gasteiger partial charge in [-0.15, -0.1) is 0 Å². The van der Waals surface area contributed by atoms with Gasteiger partial charge in [0.2, 0.25) is 0 Å². The van der Waals surface area contributed by atoms with Crippen LogP contribution >= 0.6 is 11.3 Å². The number of amides is 1. The molecule has 7 heteroatoms. The summed E-state index contributed by atoms with van der Waals surface area (Å²) in [5.41, 5.74) is 5.16. The van der Waals surface area contributed by atoms with E-state index in [2.05, 4.69) is 0 Å². The number of thiazole rings is 1. The van der Waals surface area contributed by atoms with Gasteiger partial charge in [-0.2, -0.15) is 0 Å². The number of carbonyl (C=O) groups excluding carboxylic acids is 2. The lowest BCUT2D eigenvalue weighted by molar-refractivity contribution is -0.132. The van der Waals surface area contributed by atoms with Crippen LogP contribution in [0.4, 0.5) is 5.13 Å². The molecular formula is C29H24N2O4S. The summed E-state index contributed by atoms with van der Waals surface area (Å²) in [7, 11) is 0. The number of aryl methyl sites for hydroxylation is 2. The van der Waals surface area contributed by atoms with E-state index in [1.165, 1.54) is 16.2 Å². The average molecular weight is 497 g/mol. The molecule has 2 aliphatic rings. The van der Waals surface area contributed by atoms with Crippen LogP contribution in [0, 0.1) is 13.8 Å². The van der Waals surface area contributed by atoms with Crippen molar-refractivity contribution in [3.8, 4) is 5.75 Å². The Hall–Kier alpha value is -3.97. The molecule has 0 bridgehead atoms. The summed E-state index contributed by atoms with van der Waals surface area (Å²) in [5, 5.41) is 11.9. The first kappa shape index (κ1) is 22.5. The Balaban J connectivity index is 1.54. The molecule has 1 saturated heterocycles. The molecule has 3 heterocycles. The molecule has 1 amide bonds. The maximum absolute atomic E-state index is 13.5. The van der Waals surface area contributed by atoms with Crippen LogP contribution in [0.1, 0.15) is 40.8 Å². The molecule has 1 fully saturated rings. The van der Waals surface area contributed by atoms with Gasteiger partial charge in [-0.05, 0) is 67.3 Å². The first-order chi connectivity index (χ1) is 17.3. The Morgan fingerprint density at radius 3 is 2.64 bits per heavy atom. The van der Waals surface area contributed by atoms with Crippen LogP contribution in [0.15, 0.2) is 66.2 Å². The molecule has 2 atom stereocenters. The summed E-state index contributed by atoms with van der Waals surface area (Å²) < 4.78 is 6.73. The maximum Gasteiger partial charge on any atom is 0.301 e. The van der Waals surface area contributed by atoms with E-state index in [0.717, 1.165) is 44.6 Å². The molecule has 0 saturated carbocycles. The predicted molar refractivity (Wildman–Crippen MR) is 141 cm³/mol. The number of fused-ring (bicyclic) bond motifs is 2. The fourth-order valence-electron chi connectivity index (χ4n) is 5.17. The monoisotopic (exact) mass is 496 g/mol. The standard InChI is InChI=1S/C29H24N2O4S/c1-15-11-16(2)24-22(12-15)36-29(30-24)31-25(18-7-5-4-6-8-18)23(27(33)28(31)34)26(32)19-9-10-21-20(14-19)13-17(3)35-21/h4-12,14,17,25,32H,13H2,1-3H3/b26-23+/t17-,25-/m1/s1. The van der Waals surface area contributed by atoms with Crippen molar-refractivity contribution in [2.75, 3.05) is 4.90 Å². The number of aliphatic hydroxyl groups excluding tert-OH is 1. The number of benzene rings is 3. The van der Waals surface area contributed by atoms with Crippen molar-refractivity contribution in [3.63, 3.8) is 0 Å². The van der Waals surface area contributed by atoms with Gasteiger partial charge in [0.1, 0.15) is 17.6 Å². The van der Waals surface area contributed by atoms with Crippen molar-refractivity contribution in [1.82, 2.24) is 4.98 Å². The topological polar surface area (TPSA) is 79.7 Å². The van der Waals surface area contributed by atoms with Crippen molar-refractivity contribution >= 4 is 44.1 Å². The van der Waals surface area contributed by atoms with E-state index >= 15 is 0 Å². The van der Waals surface area contributed by atoms with Crippen molar-refractivity contribution < 1.29 is 19.4 Å². The zero-order valence-electron chi connectivity index (χ0n) is 20.1. The molecule has 0 aliphatic carbocycles. The third-order valence-electron chi connectivity index (χ3n) is 6.75. The Morgan fingerprint density at radius 2 is 1.86 bits per heavy atom. The van der Waals surface area contributed by atoms with Gasteiger partial charge < -0.3 is 9.84 Å². The Morgan fingerprint density at radius 1 is 1.08 bits per heavy atom. The summed E-state index contributed by atoms with van der Waals surface area (Å²) in [6.45, 7) is 5.99. The van der Waals surface area contributed by atoms with E-state index < -0.39 is 17.7 Å². The largest absolute Gasteiger partial charge is 0.507 e. The zero-order valence-corrected chi connectivity index (χ0v) is 20.9. The van der Waals surface area contributed by atoms with Gasteiger partial charge in [0.05, 0.1) is 21.8 Å². The van der Waals surface area contributed by atoms with Crippen LogP contribution in [0.2, 0.25) is 0 Å². The second-order valence-electron chi connectivity index (χ2n) is 9.46. The lowest BCUT2D eigenvalue weighted by atomic mass is 9.94. The number of Topliss-reactive ketones (excluding diaryl/α,β-unsaturated/α-hetero) is 1. The smallest absolute Gasteiger partial charge is 0.301 e. The first-order valence-electron chi connectivity index (χ1n) is 11.9. The molecule has 2 aliphatic heterocycles. The van der Waals surface area contributed by atoms with E-state index in [0.29, 0.717) is 10.7 Å². The van der Waals surface area contributed by atoms with Crippen LogP contribution in [0.25, 0.3) is 16.0 Å². The van der Waals surface area contributed by atoms with Gasteiger partial charge in [0.25, 0.3) is 5.78 Å². The van der Waals surface area contributed by atoms with Crippen LogP contribution in [0.3, 0.4) is 0 Å². The number of hydrogen-bond acceptors (Lipinski definition) is 6. The molecule has 6 rings (SSSR count). The number of aliphatic hydroxyl groups is 1. The third-order valence-corrected chi connectivity index (χ3v) is 7.76. The van der Waals surface area contributed by atoms with Crippen molar-refractivity contribution in [2.45, 2.75) is 39.3 Å². The van der Waals surface area contributed by atoms with Crippen molar-refractivity contribution in [1.29, 1.82) is 0 Å². The number of hydrogen-bond donors (Lipinski definition) is 1. The second kappa shape index (κ2) is 8.31. The fraction of sp³-hybridized carbons (Fsp3) is 0.207. The molecule has 180 valence electrons. The third kappa shape index (κ3) is 3.50. The lowest BCUT2D eigenvalue weighted by Gasteiger charge is -2.23. The van der Waals surface area contributed by atoms with E-state index in [4.69, 9.17) is 9.72 Å². The summed E-state index contributed by atoms with van der Waals surface area (Å²) in [4.78, 5) is 33.1. The number of nitrogens with zero attached hydrogens (tertiary/aromatic N) is 2. The van der Waals surface area contributed by atoms with Gasteiger partial charge in [-0.1, -0.05) is 47.7 Å². The van der Waals surface area contributed by atoms with Gasteiger partial charge >= 0.3 is 5.91 Å². The number of ketones is 1. The van der Waals surface area contributed by atoms with E-state index in [9.17, 15) is 14.7 Å². The minimum atomic E-state index is -0.795. The van der Waals surface area contributed by atoms with Crippen LogP contribution in [-0.4, -0.2) is 27.9 Å². The molecule has 36 heavy (non-hydrogen) atoms. The van der Waals surface area contributed by atoms with Crippen molar-refractivity contribution in [3.05, 3.63) is 94.1 Å². The van der Waals surface area contributed by atoms with Crippen LogP contribution in [0.5, 0.6) is 5.75 Å². The summed E-state index contributed by atoms with van der Waals surface area (Å²) in [5.74, 6) is -0.838. The second-order valence-corrected chi connectivity index (χ2v) is 10.5. The Bertz CT molecular complexity index is 1590. The van der Waals surface area contributed by atoms with Gasteiger partial charge in [0.15, 0.2) is 5.13 Å². The molecule has 0 radical (unpaired) electrons. The summed E-state index contributed by atoms with van der Waals surface area (Å²) >= 11 is 1.37. The van der Waals surface area contributed by atoms with E-state index in [-0.39, 0.29) is 17.4 Å². The number of ether oxygens (including phenoxy) is 1. The highest BCUT2D eigenvalue weighted by molar-refractivity contribution is 7.22. The number of rotatable bonds is 3. The van der Waals surface area contributed by atoms with E-state index in [1.807, 2.05) is 69.3 Å². The zero-order chi connectivity index (χ0) is 25.1. The maximum atomic E-state index is 13.5. The molecule has 3 aromatic carbocycles. The molecular weight excluding hydrogens is 472 g/mol. The molecule has 1 aromatic heterocycles. The van der Waals surface area contributed by atoms with Gasteiger partial charge in [-0.3, -0.25) is 14.5 Å². The minimum absolute atomic E-state index is 0.0541. The summed E-state index contributed by atoms with van der Waals surface area (Å²) in [6, 6.07) is 18.0. The molecule has 6 nitrogen and oxygen atoms in total. The highest BCUT2D eigenvalue weighted by Crippen LogP contribution is 2.45. The Labute approximate surface area is 212 Å². The Kier molecular flexibility index (Phi) is 5.19. The quantitative estimate of drug-likeness (QED) is 0.218. The van der Waals surface area contributed by atoms with Gasteiger partial charge in [0, 0.05) is 12.0 Å². The van der Waals surface area contributed by atoms with Crippen molar-refractivity contribution in [2.24, 2.45) is 0 Å². The van der Waals surface area contributed by atoms with Crippen LogP contribution in [-0.2, 0) is 16.0 Å². The van der Waals surface area contributed by atoms with Gasteiger partial charge in [-0.25, -0.2) is 4.98 Å². The normalized spacial score (nSPS) is 20.7. The molecule has 0 unspecified atom stereocenters. The number of carbonyl (C=O) groups is 2.